The molecule has 1 aliphatic carbocycles. The van der Waals surface area contributed by atoms with Gasteiger partial charge in [0.15, 0.2) is 0 Å². The van der Waals surface area contributed by atoms with E-state index in [2.05, 4.69) is 209 Å². The number of benzene rings is 9. The lowest BCUT2D eigenvalue weighted by atomic mass is 9.97. The van der Waals surface area contributed by atoms with Crippen LogP contribution in [0.5, 0.6) is 0 Å². The Hall–Kier alpha value is -9.11. The quantitative estimate of drug-likeness (QED) is 0.140. The Kier molecular flexibility index (Phi) is 10.5. The van der Waals surface area contributed by atoms with Gasteiger partial charge in [-0.3, -0.25) is 0 Å². The van der Waals surface area contributed by atoms with Gasteiger partial charge < -0.3 is 9.80 Å². The molecule has 9 aromatic carbocycles. The van der Waals surface area contributed by atoms with Crippen molar-refractivity contribution in [2.24, 2.45) is 5.10 Å². The number of hydrazone groups is 1. The van der Waals surface area contributed by atoms with Crippen molar-refractivity contribution in [3.8, 4) is 39.1 Å². The standard InChI is InChI=1S/C60H44N8/c1-5-13-49(14-6-1)65(55-37-39-57-59(41-55)63-67(61-57)53-17-9-3-10-18-53)51-33-29-47(30-34-51)45-25-21-43(22-26-45)44-23-27-46(28-24-44)48-31-35-52(36-32-48)66(50-15-7-2-8-16-50)56-38-40-58-60(42-56)64-68(62-58)54-19-11-4-12-20-54/h1-42,59,63H. The molecule has 10 aromatic rings. The van der Waals surface area contributed by atoms with Crippen LogP contribution < -0.4 is 20.3 Å². The second kappa shape index (κ2) is 17.7. The molecule has 0 saturated heterocycles. The molecule has 0 saturated carbocycles. The van der Waals surface area contributed by atoms with Gasteiger partial charge in [-0.25, -0.2) is 0 Å². The smallest absolute Gasteiger partial charge is 0.115 e. The molecule has 0 fully saturated rings. The lowest BCUT2D eigenvalue weighted by Gasteiger charge is -2.29. The highest BCUT2D eigenvalue weighted by molar-refractivity contribution is 6.04. The maximum absolute atomic E-state index is 4.83. The van der Waals surface area contributed by atoms with Crippen LogP contribution in [0.15, 0.2) is 266 Å². The Balaban J connectivity index is 0.749. The molecule has 0 bridgehead atoms. The first-order valence-corrected chi connectivity index (χ1v) is 22.8. The summed E-state index contributed by atoms with van der Waals surface area (Å²) in [7, 11) is 0. The fourth-order valence-electron chi connectivity index (χ4n) is 9.00. The largest absolute Gasteiger partial charge is 0.311 e. The summed E-state index contributed by atoms with van der Waals surface area (Å²) >= 11 is 0. The van der Waals surface area contributed by atoms with Gasteiger partial charge in [-0.2, -0.15) is 20.4 Å². The minimum Gasteiger partial charge on any atom is -0.311 e. The van der Waals surface area contributed by atoms with E-state index in [1.807, 2.05) is 65.8 Å². The minimum atomic E-state index is -0.0384. The Bertz CT molecular complexity index is 3440. The van der Waals surface area contributed by atoms with Crippen LogP contribution in [0.25, 0.3) is 50.1 Å². The monoisotopic (exact) mass is 876 g/mol. The minimum absolute atomic E-state index is 0.0384. The molecule has 1 atom stereocenters. The summed E-state index contributed by atoms with van der Waals surface area (Å²) in [5.74, 6) is 0. The molecule has 68 heavy (non-hydrogen) atoms. The number of aromatic nitrogens is 3. The lowest BCUT2D eigenvalue weighted by molar-refractivity contribution is 0.697. The number of allylic oxidation sites excluding steroid dienone is 1. The van der Waals surface area contributed by atoms with Crippen molar-refractivity contribution in [1.29, 1.82) is 0 Å². The number of fused-ring (bicyclic) bond motifs is 2. The molecule has 8 nitrogen and oxygen atoms in total. The molecule has 0 radical (unpaired) electrons. The highest BCUT2D eigenvalue weighted by Gasteiger charge is 2.28. The van der Waals surface area contributed by atoms with E-state index in [4.69, 9.17) is 15.3 Å². The van der Waals surface area contributed by atoms with Crippen molar-refractivity contribution in [3.63, 3.8) is 0 Å². The molecule has 0 amide bonds. The van der Waals surface area contributed by atoms with E-state index in [1.54, 1.807) is 4.80 Å². The van der Waals surface area contributed by atoms with Gasteiger partial charge in [0.1, 0.15) is 11.0 Å². The van der Waals surface area contributed by atoms with E-state index < -0.39 is 0 Å². The van der Waals surface area contributed by atoms with Gasteiger partial charge in [0.2, 0.25) is 0 Å². The predicted octanol–water partition coefficient (Wildman–Crippen LogP) is 14.2. The van der Waals surface area contributed by atoms with E-state index in [0.717, 1.165) is 78.9 Å². The topological polar surface area (TPSA) is 64.8 Å². The lowest BCUT2D eigenvalue weighted by Crippen LogP contribution is -2.38. The average Bonchev–Trinajstić information content (AvgIpc) is 4.05. The third-order valence-electron chi connectivity index (χ3n) is 12.5. The summed E-state index contributed by atoms with van der Waals surface area (Å²) in [5, 5.41) is 16.2. The number of nitrogens with one attached hydrogen (secondary N) is 1. The molecule has 1 unspecified atom stereocenters. The average molecular weight is 877 g/mol. The zero-order valence-electron chi connectivity index (χ0n) is 37.0. The SMILES string of the molecule is C1=CC2=NN(c3ccccc3)NC2C=C1N(c1ccccc1)c1ccc(-c2ccc(-c3ccc(-c4ccc(N(c5ccccc5)c5ccc6nn(-c7ccccc7)nc6c5)cc4)cc3)cc2)cc1. The predicted molar refractivity (Wildman–Crippen MR) is 279 cm³/mol. The molecule has 1 aliphatic heterocycles. The molecule has 12 rings (SSSR count). The fraction of sp³-hybridized carbons (Fsp3) is 0.0167. The maximum Gasteiger partial charge on any atom is 0.115 e. The van der Waals surface area contributed by atoms with Crippen molar-refractivity contribution >= 4 is 50.9 Å². The molecule has 1 N–H and O–H groups in total. The van der Waals surface area contributed by atoms with Crippen LogP contribution in [-0.4, -0.2) is 26.7 Å². The third-order valence-corrected chi connectivity index (χ3v) is 12.5. The maximum atomic E-state index is 4.83. The zero-order valence-corrected chi connectivity index (χ0v) is 37.0. The van der Waals surface area contributed by atoms with Gasteiger partial charge in [-0.15, -0.1) is 10.2 Å². The summed E-state index contributed by atoms with van der Waals surface area (Å²) in [5.41, 5.74) is 21.5. The number of hydrazine groups is 1. The van der Waals surface area contributed by atoms with Gasteiger partial charge in [0, 0.05) is 34.1 Å². The van der Waals surface area contributed by atoms with Crippen LogP contribution in [-0.2, 0) is 0 Å². The molecule has 1 aromatic heterocycles. The van der Waals surface area contributed by atoms with Crippen LogP contribution in [0.3, 0.4) is 0 Å². The van der Waals surface area contributed by atoms with Crippen LogP contribution >= 0.6 is 0 Å². The van der Waals surface area contributed by atoms with Crippen LogP contribution in [0.2, 0.25) is 0 Å². The number of hydrogen-bond acceptors (Lipinski definition) is 7. The Morgan fingerprint density at radius 1 is 0.368 bits per heavy atom. The Morgan fingerprint density at radius 2 is 0.779 bits per heavy atom. The molecule has 2 heterocycles. The van der Waals surface area contributed by atoms with Crippen LogP contribution in [0.4, 0.5) is 34.1 Å². The first kappa shape index (κ1) is 40.4. The first-order valence-electron chi connectivity index (χ1n) is 22.8. The number of rotatable bonds is 11. The zero-order chi connectivity index (χ0) is 45.2. The first-order chi connectivity index (χ1) is 33.7. The molecular weight excluding hydrogens is 833 g/mol. The summed E-state index contributed by atoms with van der Waals surface area (Å²) < 4.78 is 0. The summed E-state index contributed by atoms with van der Waals surface area (Å²) in [4.78, 5) is 6.26. The number of anilines is 6. The van der Waals surface area contributed by atoms with Crippen LogP contribution in [0.1, 0.15) is 0 Å². The summed E-state index contributed by atoms with van der Waals surface area (Å²) in [6.45, 7) is 0. The Labute approximate surface area is 395 Å². The van der Waals surface area contributed by atoms with E-state index in [9.17, 15) is 0 Å². The van der Waals surface area contributed by atoms with Gasteiger partial charge >= 0.3 is 0 Å². The van der Waals surface area contributed by atoms with E-state index >= 15 is 0 Å². The second-order valence-electron chi connectivity index (χ2n) is 16.8. The molecule has 8 heteroatoms. The Morgan fingerprint density at radius 3 is 1.31 bits per heavy atom. The van der Waals surface area contributed by atoms with E-state index in [0.29, 0.717) is 0 Å². The van der Waals surface area contributed by atoms with Crippen LogP contribution in [0, 0.1) is 0 Å². The van der Waals surface area contributed by atoms with Crippen molar-refractivity contribution in [2.75, 3.05) is 14.9 Å². The highest BCUT2D eigenvalue weighted by atomic mass is 15.7. The highest BCUT2D eigenvalue weighted by Crippen LogP contribution is 2.38. The number of para-hydroxylation sites is 4. The number of hydrogen-bond donors (Lipinski definition) is 1. The van der Waals surface area contributed by atoms with Crippen molar-refractivity contribution in [1.82, 2.24) is 20.4 Å². The van der Waals surface area contributed by atoms with Gasteiger partial charge in [0.05, 0.1) is 23.1 Å². The van der Waals surface area contributed by atoms with Gasteiger partial charge in [-0.05, 0) is 143 Å². The van der Waals surface area contributed by atoms with Gasteiger partial charge in [0.25, 0.3) is 0 Å². The second-order valence-corrected chi connectivity index (χ2v) is 16.8. The van der Waals surface area contributed by atoms with Crippen molar-refractivity contribution in [2.45, 2.75) is 6.04 Å². The normalized spacial score (nSPS) is 14.1. The van der Waals surface area contributed by atoms with E-state index in [1.165, 1.54) is 16.7 Å². The fourth-order valence-corrected chi connectivity index (χ4v) is 9.00. The molecule has 2 aliphatic rings. The molecule has 0 spiro atoms. The van der Waals surface area contributed by atoms with Crippen molar-refractivity contribution in [3.05, 3.63) is 261 Å². The number of nitrogens with zero attached hydrogens (tertiary/aromatic N) is 7. The van der Waals surface area contributed by atoms with Gasteiger partial charge in [-0.1, -0.05) is 146 Å². The third kappa shape index (κ3) is 8.02. The van der Waals surface area contributed by atoms with Crippen molar-refractivity contribution < 1.29 is 0 Å². The molecule has 324 valence electrons. The summed E-state index contributed by atoms with van der Waals surface area (Å²) in [6.07, 6.45) is 6.50. The van der Waals surface area contributed by atoms with E-state index in [-0.39, 0.29) is 6.04 Å². The molecular formula is C60H44N8. The summed E-state index contributed by atoms with van der Waals surface area (Å²) in [6, 6.07) is 82.7.